The van der Waals surface area contributed by atoms with Gasteiger partial charge >= 0.3 is 0 Å². The molecule has 0 saturated carbocycles. The number of fused-ring (bicyclic) bond motifs is 2. The lowest BCUT2D eigenvalue weighted by Crippen LogP contribution is -2.63. The van der Waals surface area contributed by atoms with Crippen LogP contribution in [0.1, 0.15) is 23.6 Å². The highest BCUT2D eigenvalue weighted by atomic mass is 35.5. The maximum atomic E-state index is 10.8. The van der Waals surface area contributed by atoms with Crippen LogP contribution in [0.4, 0.5) is 0 Å². The Balaban J connectivity index is 1.66. The Morgan fingerprint density at radius 1 is 1.13 bits per heavy atom. The van der Waals surface area contributed by atoms with Crippen molar-refractivity contribution in [2.45, 2.75) is 42.4 Å². The Morgan fingerprint density at radius 2 is 1.87 bits per heavy atom. The van der Waals surface area contributed by atoms with Crippen molar-refractivity contribution >= 4 is 23.4 Å². The van der Waals surface area contributed by atoms with Gasteiger partial charge in [-0.2, -0.15) is 0 Å². The van der Waals surface area contributed by atoms with Crippen LogP contribution < -0.4 is 4.74 Å². The number of halogens is 1. The highest BCUT2D eigenvalue weighted by Crippen LogP contribution is 2.53. The molecule has 2 aromatic carbocycles. The standard InChI is InChI=1S/C22H25ClO6S/c1-3-27-16-7-4-13(5-8-16)10-14-11-15(6-9-17(14)23)22-20(26)18(24)19(25)21(29-22,30-2)12-28-22/h4-9,11,18-20,24-26H,3,10,12H2,1-2H3/t18-,19-,20+,21+,22-/m0/s1. The number of ether oxygens (including phenoxy) is 3. The van der Waals surface area contributed by atoms with Gasteiger partial charge in [0, 0.05) is 10.6 Å². The zero-order valence-corrected chi connectivity index (χ0v) is 18.3. The number of hydrogen-bond donors (Lipinski definition) is 3. The molecule has 4 rings (SSSR count). The van der Waals surface area contributed by atoms with Crippen molar-refractivity contribution in [2.24, 2.45) is 0 Å². The Labute approximate surface area is 184 Å². The average molecular weight is 453 g/mol. The van der Waals surface area contributed by atoms with Gasteiger partial charge in [-0.05, 0) is 55.0 Å². The third-order valence-electron chi connectivity index (χ3n) is 5.72. The van der Waals surface area contributed by atoms with Crippen molar-refractivity contribution in [3.8, 4) is 5.75 Å². The molecule has 5 atom stereocenters. The molecule has 0 radical (unpaired) electrons. The summed E-state index contributed by atoms with van der Waals surface area (Å²) in [6, 6.07) is 13.0. The normalized spacial score (nSPS) is 32.9. The van der Waals surface area contributed by atoms with Crippen molar-refractivity contribution in [3.63, 3.8) is 0 Å². The molecule has 0 unspecified atom stereocenters. The molecule has 0 aromatic heterocycles. The van der Waals surface area contributed by atoms with Gasteiger partial charge in [-0.1, -0.05) is 29.8 Å². The quantitative estimate of drug-likeness (QED) is 0.621. The maximum absolute atomic E-state index is 10.8. The lowest BCUT2D eigenvalue weighted by atomic mass is 9.88. The summed E-state index contributed by atoms with van der Waals surface area (Å²) >= 11 is 7.70. The largest absolute Gasteiger partial charge is 0.494 e. The zero-order chi connectivity index (χ0) is 21.5. The van der Waals surface area contributed by atoms with Gasteiger partial charge in [0.05, 0.1) is 13.2 Å². The van der Waals surface area contributed by atoms with Crippen molar-refractivity contribution in [2.75, 3.05) is 19.5 Å². The fourth-order valence-corrected chi connectivity index (χ4v) is 4.97. The fraction of sp³-hybridized carbons (Fsp3) is 0.455. The van der Waals surface area contributed by atoms with Crippen LogP contribution in [0.3, 0.4) is 0 Å². The van der Waals surface area contributed by atoms with Crippen molar-refractivity contribution < 1.29 is 29.5 Å². The molecule has 2 aliphatic heterocycles. The van der Waals surface area contributed by atoms with E-state index in [-0.39, 0.29) is 6.61 Å². The summed E-state index contributed by atoms with van der Waals surface area (Å²) in [4.78, 5) is -1.15. The van der Waals surface area contributed by atoms with E-state index in [4.69, 9.17) is 25.8 Å². The summed E-state index contributed by atoms with van der Waals surface area (Å²) < 4.78 is 17.5. The molecule has 162 valence electrons. The zero-order valence-electron chi connectivity index (χ0n) is 16.7. The van der Waals surface area contributed by atoms with E-state index in [1.54, 1.807) is 18.4 Å². The van der Waals surface area contributed by atoms with Gasteiger partial charge in [-0.3, -0.25) is 0 Å². The van der Waals surface area contributed by atoms with Gasteiger partial charge in [-0.15, -0.1) is 11.8 Å². The molecule has 8 heteroatoms. The van der Waals surface area contributed by atoms with Gasteiger partial charge in [0.15, 0.2) is 4.93 Å². The highest BCUT2D eigenvalue weighted by Gasteiger charge is 2.67. The average Bonchev–Trinajstić information content (AvgIpc) is 3.14. The van der Waals surface area contributed by atoms with E-state index in [1.165, 1.54) is 11.8 Å². The van der Waals surface area contributed by atoms with Gasteiger partial charge in [0.1, 0.15) is 24.1 Å². The van der Waals surface area contributed by atoms with Crippen LogP contribution in [-0.4, -0.2) is 58.0 Å². The van der Waals surface area contributed by atoms with Crippen LogP contribution in [0, 0.1) is 0 Å². The fourth-order valence-electron chi connectivity index (χ4n) is 4.02. The lowest BCUT2D eigenvalue weighted by molar-refractivity contribution is -0.309. The molecule has 2 heterocycles. The van der Waals surface area contributed by atoms with Crippen LogP contribution in [0.25, 0.3) is 0 Å². The van der Waals surface area contributed by atoms with Gasteiger partial charge < -0.3 is 29.5 Å². The van der Waals surface area contributed by atoms with E-state index >= 15 is 0 Å². The Kier molecular flexibility index (Phi) is 6.07. The second-order valence-corrected chi connectivity index (χ2v) is 9.02. The van der Waals surface area contributed by atoms with Crippen LogP contribution >= 0.6 is 23.4 Å². The first kappa shape index (κ1) is 21.9. The van der Waals surface area contributed by atoms with E-state index in [9.17, 15) is 15.3 Å². The van der Waals surface area contributed by atoms with Gasteiger partial charge in [-0.25, -0.2) is 0 Å². The topological polar surface area (TPSA) is 88.4 Å². The molecule has 2 aliphatic rings. The number of benzene rings is 2. The minimum absolute atomic E-state index is 0.0420. The van der Waals surface area contributed by atoms with Crippen molar-refractivity contribution in [1.29, 1.82) is 0 Å². The van der Waals surface area contributed by atoms with Crippen molar-refractivity contribution in [1.82, 2.24) is 0 Å². The highest BCUT2D eigenvalue weighted by molar-refractivity contribution is 7.99. The summed E-state index contributed by atoms with van der Waals surface area (Å²) in [5.74, 6) is -0.765. The first-order chi connectivity index (χ1) is 14.3. The van der Waals surface area contributed by atoms with Gasteiger partial charge in [0.2, 0.25) is 5.79 Å². The first-order valence-electron chi connectivity index (χ1n) is 9.79. The monoisotopic (exact) mass is 452 g/mol. The van der Waals surface area contributed by atoms with Crippen LogP contribution in [-0.2, 0) is 21.7 Å². The summed E-state index contributed by atoms with van der Waals surface area (Å²) in [5.41, 5.74) is 2.41. The third-order valence-corrected chi connectivity index (χ3v) is 7.22. The Bertz CT molecular complexity index is 909. The SMILES string of the molecule is CCOc1ccc(Cc2cc([C@]34OC[C@](SC)(O3)[C@@H](O)[C@H](O)[C@H]4O)ccc2Cl)cc1. The molecule has 30 heavy (non-hydrogen) atoms. The van der Waals surface area contributed by atoms with E-state index in [1.807, 2.05) is 37.3 Å². The molecule has 0 spiro atoms. The Morgan fingerprint density at radius 3 is 2.53 bits per heavy atom. The number of aliphatic hydroxyl groups is 3. The number of hydrogen-bond acceptors (Lipinski definition) is 7. The minimum Gasteiger partial charge on any atom is -0.494 e. The molecule has 2 aromatic rings. The van der Waals surface area contributed by atoms with Crippen LogP contribution in [0.15, 0.2) is 42.5 Å². The summed E-state index contributed by atoms with van der Waals surface area (Å²) in [7, 11) is 0. The molecule has 0 amide bonds. The van der Waals surface area contributed by atoms with Crippen LogP contribution in [0.5, 0.6) is 5.75 Å². The molecule has 2 saturated heterocycles. The van der Waals surface area contributed by atoms with Crippen molar-refractivity contribution in [3.05, 3.63) is 64.2 Å². The maximum Gasteiger partial charge on any atom is 0.226 e. The van der Waals surface area contributed by atoms with E-state index in [2.05, 4.69) is 0 Å². The summed E-state index contributed by atoms with van der Waals surface area (Å²) in [5, 5.41) is 32.2. The van der Waals surface area contributed by atoms with E-state index in [0.29, 0.717) is 23.6 Å². The summed E-state index contributed by atoms with van der Waals surface area (Å²) in [6.45, 7) is 2.59. The van der Waals surface area contributed by atoms with Crippen LogP contribution in [0.2, 0.25) is 5.02 Å². The third kappa shape index (κ3) is 3.52. The summed E-state index contributed by atoms with van der Waals surface area (Å²) in [6.07, 6.45) is -1.79. The first-order valence-corrected chi connectivity index (χ1v) is 11.4. The number of thioether (sulfide) groups is 1. The molecule has 2 bridgehead atoms. The lowest BCUT2D eigenvalue weighted by Gasteiger charge is -2.45. The minimum atomic E-state index is -1.57. The molecular weight excluding hydrogens is 428 g/mol. The molecular formula is C22H25ClO6S. The predicted molar refractivity (Wildman–Crippen MR) is 115 cm³/mol. The second kappa shape index (κ2) is 8.31. The molecule has 2 fully saturated rings. The molecule has 0 aliphatic carbocycles. The molecule has 3 N–H and O–H groups in total. The smallest absolute Gasteiger partial charge is 0.226 e. The Hall–Kier alpha value is -1.32. The number of rotatable bonds is 6. The van der Waals surface area contributed by atoms with E-state index < -0.39 is 29.0 Å². The molecule has 6 nitrogen and oxygen atoms in total. The van der Waals surface area contributed by atoms with Gasteiger partial charge in [0.25, 0.3) is 0 Å². The predicted octanol–water partition coefficient (Wildman–Crippen LogP) is 2.68. The second-order valence-electron chi connectivity index (χ2n) is 7.51. The van der Waals surface area contributed by atoms with E-state index in [0.717, 1.165) is 16.9 Å². The number of aliphatic hydroxyl groups excluding tert-OH is 3.